The summed E-state index contributed by atoms with van der Waals surface area (Å²) in [5.41, 5.74) is 0.0585. The number of likely N-dealkylation sites (N-methyl/N-ethyl adjacent to an activating group) is 2. The van der Waals surface area contributed by atoms with E-state index in [0.29, 0.717) is 0 Å². The maximum absolute atomic E-state index is 5.65. The molecule has 0 aliphatic carbocycles. The van der Waals surface area contributed by atoms with E-state index in [4.69, 9.17) is 4.74 Å². The highest BCUT2D eigenvalue weighted by Gasteiger charge is 2.34. The average molecular weight is 186 g/mol. The van der Waals surface area contributed by atoms with Gasteiger partial charge in [-0.1, -0.05) is 6.92 Å². The molecule has 1 rings (SSSR count). The average Bonchev–Trinajstić information content (AvgIpc) is 2.19. The van der Waals surface area contributed by atoms with Crippen LogP contribution < -0.4 is 5.32 Å². The maximum atomic E-state index is 5.65. The van der Waals surface area contributed by atoms with Crippen LogP contribution in [0.1, 0.15) is 19.8 Å². The summed E-state index contributed by atoms with van der Waals surface area (Å²) in [5, 5.41) is 3.22. The Bertz CT molecular complexity index is 148. The van der Waals surface area contributed by atoms with Gasteiger partial charge >= 0.3 is 0 Å². The van der Waals surface area contributed by atoms with Crippen LogP contribution in [0.5, 0.6) is 0 Å². The molecule has 0 aromatic heterocycles. The second-order valence-corrected chi connectivity index (χ2v) is 3.89. The second-order valence-electron chi connectivity index (χ2n) is 3.89. The van der Waals surface area contributed by atoms with Crippen molar-refractivity contribution < 1.29 is 4.74 Å². The van der Waals surface area contributed by atoms with Gasteiger partial charge in [0.05, 0.1) is 5.60 Å². The normalized spacial score (nSPS) is 30.7. The van der Waals surface area contributed by atoms with Crippen LogP contribution in [0.3, 0.4) is 0 Å². The smallest absolute Gasteiger partial charge is 0.0928 e. The Kier molecular flexibility index (Phi) is 4.16. The number of likely N-dealkylation sites (tertiary alicyclic amines) is 1. The molecule has 1 heterocycles. The fourth-order valence-electron chi connectivity index (χ4n) is 2.17. The van der Waals surface area contributed by atoms with Crippen molar-refractivity contribution in [1.82, 2.24) is 10.2 Å². The molecule has 1 aliphatic rings. The van der Waals surface area contributed by atoms with E-state index in [2.05, 4.69) is 17.1 Å². The molecule has 0 saturated carbocycles. The van der Waals surface area contributed by atoms with Crippen LogP contribution in [0, 0.1) is 0 Å². The van der Waals surface area contributed by atoms with Gasteiger partial charge in [-0.25, -0.2) is 0 Å². The van der Waals surface area contributed by atoms with E-state index in [-0.39, 0.29) is 5.60 Å². The molecule has 0 spiro atoms. The van der Waals surface area contributed by atoms with Gasteiger partial charge in [-0.2, -0.15) is 0 Å². The predicted octanol–water partition coefficient (Wildman–Crippen LogP) is 0.707. The van der Waals surface area contributed by atoms with Crippen molar-refractivity contribution in [2.75, 3.05) is 40.3 Å². The number of hydrogen-bond donors (Lipinski definition) is 1. The van der Waals surface area contributed by atoms with Crippen LogP contribution in [-0.2, 0) is 4.74 Å². The number of nitrogens with zero attached hydrogens (tertiary/aromatic N) is 1. The summed E-state index contributed by atoms with van der Waals surface area (Å²) in [5.74, 6) is 0. The lowest BCUT2D eigenvalue weighted by Gasteiger charge is -2.41. The fourth-order valence-corrected chi connectivity index (χ4v) is 2.17. The van der Waals surface area contributed by atoms with Crippen LogP contribution in [0.4, 0.5) is 0 Å². The molecule has 1 atom stereocenters. The van der Waals surface area contributed by atoms with Gasteiger partial charge < -0.3 is 15.0 Å². The Morgan fingerprint density at radius 3 is 2.85 bits per heavy atom. The van der Waals surface area contributed by atoms with Crippen molar-refractivity contribution >= 4 is 0 Å². The zero-order chi connectivity index (χ0) is 9.73. The third-order valence-electron chi connectivity index (χ3n) is 3.00. The summed E-state index contributed by atoms with van der Waals surface area (Å²) in [7, 11) is 3.82. The minimum Gasteiger partial charge on any atom is -0.376 e. The molecule has 1 fully saturated rings. The predicted molar refractivity (Wildman–Crippen MR) is 55.0 cm³/mol. The lowest BCUT2D eigenvalue weighted by molar-refractivity contribution is -0.0606. The molecule has 1 saturated heterocycles. The zero-order valence-corrected chi connectivity index (χ0v) is 9.10. The number of hydrogen-bond acceptors (Lipinski definition) is 3. The monoisotopic (exact) mass is 186 g/mol. The van der Waals surface area contributed by atoms with Gasteiger partial charge in [0.2, 0.25) is 0 Å². The summed E-state index contributed by atoms with van der Waals surface area (Å²) in [4.78, 5) is 2.46. The molecule has 3 heteroatoms. The van der Waals surface area contributed by atoms with E-state index in [9.17, 15) is 0 Å². The number of methoxy groups -OCH3 is 1. The SMILES string of the molecule is CCN1CCCC(CNC)(OC)C1. The van der Waals surface area contributed by atoms with E-state index in [1.807, 2.05) is 14.2 Å². The molecule has 1 unspecified atom stereocenters. The van der Waals surface area contributed by atoms with Crippen molar-refractivity contribution in [2.24, 2.45) is 0 Å². The van der Waals surface area contributed by atoms with Crippen molar-refractivity contribution in [3.8, 4) is 0 Å². The lowest BCUT2D eigenvalue weighted by Crippen LogP contribution is -2.54. The highest BCUT2D eigenvalue weighted by molar-refractivity contribution is 4.89. The van der Waals surface area contributed by atoms with Crippen molar-refractivity contribution in [1.29, 1.82) is 0 Å². The van der Waals surface area contributed by atoms with Gasteiger partial charge in [-0.15, -0.1) is 0 Å². The molecule has 0 bridgehead atoms. The first-order valence-electron chi connectivity index (χ1n) is 5.18. The largest absolute Gasteiger partial charge is 0.376 e. The van der Waals surface area contributed by atoms with Gasteiger partial charge in [-0.3, -0.25) is 0 Å². The third kappa shape index (κ3) is 2.66. The molecule has 13 heavy (non-hydrogen) atoms. The van der Waals surface area contributed by atoms with E-state index in [1.165, 1.54) is 19.4 Å². The fraction of sp³-hybridized carbons (Fsp3) is 1.00. The van der Waals surface area contributed by atoms with Crippen LogP contribution in [0.15, 0.2) is 0 Å². The van der Waals surface area contributed by atoms with Gasteiger partial charge in [-0.05, 0) is 33.0 Å². The van der Waals surface area contributed by atoms with Crippen molar-refractivity contribution in [2.45, 2.75) is 25.4 Å². The summed E-state index contributed by atoms with van der Waals surface area (Å²) >= 11 is 0. The molecule has 0 aromatic rings. The van der Waals surface area contributed by atoms with Gasteiger partial charge in [0, 0.05) is 20.2 Å². The summed E-state index contributed by atoms with van der Waals surface area (Å²) in [6, 6.07) is 0. The third-order valence-corrected chi connectivity index (χ3v) is 3.00. The van der Waals surface area contributed by atoms with Crippen LogP contribution >= 0.6 is 0 Å². The molecule has 0 aromatic carbocycles. The first-order chi connectivity index (χ1) is 6.26. The molecule has 0 radical (unpaired) electrons. The summed E-state index contributed by atoms with van der Waals surface area (Å²) < 4.78 is 5.65. The van der Waals surface area contributed by atoms with Crippen LogP contribution in [0.2, 0.25) is 0 Å². The number of piperidine rings is 1. The summed E-state index contributed by atoms with van der Waals surface area (Å²) in [6.45, 7) is 6.60. The molecule has 1 aliphatic heterocycles. The van der Waals surface area contributed by atoms with Gasteiger partial charge in [0.15, 0.2) is 0 Å². The quantitative estimate of drug-likeness (QED) is 0.699. The highest BCUT2D eigenvalue weighted by atomic mass is 16.5. The first kappa shape index (κ1) is 11.0. The molecule has 3 nitrogen and oxygen atoms in total. The Labute approximate surface area is 81.4 Å². The van der Waals surface area contributed by atoms with Crippen LogP contribution in [-0.4, -0.2) is 50.8 Å². The van der Waals surface area contributed by atoms with Crippen LogP contribution in [0.25, 0.3) is 0 Å². The molecule has 1 N–H and O–H groups in total. The minimum absolute atomic E-state index is 0.0585. The zero-order valence-electron chi connectivity index (χ0n) is 9.10. The second kappa shape index (κ2) is 4.94. The van der Waals surface area contributed by atoms with E-state index >= 15 is 0 Å². The molecule has 0 amide bonds. The van der Waals surface area contributed by atoms with E-state index in [0.717, 1.165) is 19.6 Å². The van der Waals surface area contributed by atoms with Gasteiger partial charge in [0.25, 0.3) is 0 Å². The number of rotatable bonds is 4. The Morgan fingerprint density at radius 1 is 1.54 bits per heavy atom. The first-order valence-corrected chi connectivity index (χ1v) is 5.18. The minimum atomic E-state index is 0.0585. The topological polar surface area (TPSA) is 24.5 Å². The Morgan fingerprint density at radius 2 is 2.31 bits per heavy atom. The highest BCUT2D eigenvalue weighted by Crippen LogP contribution is 2.23. The lowest BCUT2D eigenvalue weighted by atomic mass is 9.92. The Balaban J connectivity index is 2.53. The standard InChI is InChI=1S/C10H22N2O/c1-4-12-7-5-6-10(9-12,13-3)8-11-2/h11H,4-9H2,1-3H3. The summed E-state index contributed by atoms with van der Waals surface area (Å²) in [6.07, 6.45) is 2.43. The molecular weight excluding hydrogens is 164 g/mol. The van der Waals surface area contributed by atoms with Crippen molar-refractivity contribution in [3.05, 3.63) is 0 Å². The number of ether oxygens (including phenoxy) is 1. The Hall–Kier alpha value is -0.120. The molecular formula is C10H22N2O. The van der Waals surface area contributed by atoms with Gasteiger partial charge in [0.1, 0.15) is 0 Å². The molecule has 78 valence electrons. The number of nitrogens with one attached hydrogen (secondary N) is 1. The van der Waals surface area contributed by atoms with E-state index in [1.54, 1.807) is 0 Å². The maximum Gasteiger partial charge on any atom is 0.0928 e. The van der Waals surface area contributed by atoms with Crippen molar-refractivity contribution in [3.63, 3.8) is 0 Å². The van der Waals surface area contributed by atoms with E-state index < -0.39 is 0 Å².